The number of hydrogen-bond donors (Lipinski definition) is 2. The quantitative estimate of drug-likeness (QED) is 0.598. The molecule has 2 saturated heterocycles. The van der Waals surface area contributed by atoms with Crippen molar-refractivity contribution in [1.82, 2.24) is 10.2 Å². The van der Waals surface area contributed by atoms with Crippen LogP contribution in [0.2, 0.25) is 0 Å². The minimum absolute atomic E-state index is 0.105. The number of benzene rings is 1. The van der Waals surface area contributed by atoms with Gasteiger partial charge in [-0.05, 0) is 18.4 Å². The van der Waals surface area contributed by atoms with E-state index in [0.29, 0.717) is 25.3 Å². The molecule has 3 heterocycles. The van der Waals surface area contributed by atoms with E-state index in [4.69, 9.17) is 4.74 Å². The van der Waals surface area contributed by atoms with Crippen LogP contribution in [0.15, 0.2) is 24.3 Å². The molecule has 27 heavy (non-hydrogen) atoms. The Labute approximate surface area is 158 Å². The number of likely N-dealkylation sites (tertiary alicyclic amines) is 1. The average molecular weight is 371 g/mol. The number of imide groups is 1. The van der Waals surface area contributed by atoms with Crippen molar-refractivity contribution in [3.8, 4) is 0 Å². The Kier molecular flexibility index (Phi) is 4.31. The monoisotopic (exact) mass is 371 g/mol. The number of anilines is 1. The van der Waals surface area contributed by atoms with E-state index in [2.05, 4.69) is 10.6 Å². The molecule has 0 aromatic heterocycles. The molecular weight excluding hydrogens is 346 g/mol. The zero-order valence-electron chi connectivity index (χ0n) is 15.8. The lowest BCUT2D eigenvalue weighted by Gasteiger charge is -2.30. The number of amides is 3. The fourth-order valence-corrected chi connectivity index (χ4v) is 4.91. The number of fused-ring (bicyclic) bond motifs is 4. The van der Waals surface area contributed by atoms with E-state index in [1.807, 2.05) is 38.1 Å². The third-order valence-corrected chi connectivity index (χ3v) is 6.10. The largest absolute Gasteiger partial charge is 0.385 e. The van der Waals surface area contributed by atoms with Crippen LogP contribution in [0, 0.1) is 17.8 Å². The summed E-state index contributed by atoms with van der Waals surface area (Å²) in [5.74, 6) is -1.83. The Morgan fingerprint density at radius 2 is 1.93 bits per heavy atom. The maximum Gasteiger partial charge on any atom is 0.250 e. The minimum Gasteiger partial charge on any atom is -0.385 e. The van der Waals surface area contributed by atoms with Crippen LogP contribution in [-0.4, -0.2) is 48.9 Å². The first-order valence-electron chi connectivity index (χ1n) is 9.46. The van der Waals surface area contributed by atoms with Crippen molar-refractivity contribution in [2.45, 2.75) is 31.8 Å². The zero-order chi connectivity index (χ0) is 19.3. The van der Waals surface area contributed by atoms with E-state index in [9.17, 15) is 14.4 Å². The van der Waals surface area contributed by atoms with Gasteiger partial charge in [-0.2, -0.15) is 0 Å². The summed E-state index contributed by atoms with van der Waals surface area (Å²) < 4.78 is 5.06. The molecule has 2 N–H and O–H groups in total. The van der Waals surface area contributed by atoms with Gasteiger partial charge in [0.25, 0.3) is 0 Å². The summed E-state index contributed by atoms with van der Waals surface area (Å²) in [6.07, 6.45) is 0.586. The molecule has 1 aromatic carbocycles. The second-order valence-corrected chi connectivity index (χ2v) is 7.90. The molecule has 2 fully saturated rings. The lowest BCUT2D eigenvalue weighted by atomic mass is 9.76. The number of carbonyl (C=O) groups excluding carboxylic acids is 3. The van der Waals surface area contributed by atoms with Crippen molar-refractivity contribution in [3.63, 3.8) is 0 Å². The Hall–Kier alpha value is -2.25. The van der Waals surface area contributed by atoms with Crippen LogP contribution in [0.3, 0.4) is 0 Å². The van der Waals surface area contributed by atoms with E-state index in [1.165, 1.54) is 4.90 Å². The highest BCUT2D eigenvalue weighted by Gasteiger charge is 2.70. The lowest BCUT2D eigenvalue weighted by Crippen LogP contribution is -2.54. The first-order chi connectivity index (χ1) is 12.9. The molecule has 0 bridgehead atoms. The molecule has 3 aliphatic heterocycles. The maximum absolute atomic E-state index is 13.3. The van der Waals surface area contributed by atoms with Gasteiger partial charge in [-0.1, -0.05) is 32.0 Å². The van der Waals surface area contributed by atoms with E-state index in [0.717, 1.165) is 5.56 Å². The summed E-state index contributed by atoms with van der Waals surface area (Å²) in [7, 11) is 1.59. The van der Waals surface area contributed by atoms with E-state index < -0.39 is 17.4 Å². The lowest BCUT2D eigenvalue weighted by molar-refractivity contribution is -0.143. The molecule has 0 radical (unpaired) electrons. The van der Waals surface area contributed by atoms with Gasteiger partial charge in [0, 0.05) is 37.6 Å². The Bertz CT molecular complexity index is 808. The maximum atomic E-state index is 13.3. The number of ether oxygens (including phenoxy) is 1. The zero-order valence-corrected chi connectivity index (χ0v) is 15.8. The summed E-state index contributed by atoms with van der Waals surface area (Å²) in [4.78, 5) is 40.9. The SMILES string of the molecule is COCCCN1C(=O)[C@@H]2[C@@H](C(C)C)N[C@]3(C(=O)Nc4ccccc43)[C@@H]2C1=O. The van der Waals surface area contributed by atoms with Gasteiger partial charge in [0.15, 0.2) is 0 Å². The smallest absolute Gasteiger partial charge is 0.250 e. The molecule has 7 nitrogen and oxygen atoms in total. The first-order valence-corrected chi connectivity index (χ1v) is 9.46. The van der Waals surface area contributed by atoms with E-state index in [1.54, 1.807) is 7.11 Å². The predicted octanol–water partition coefficient (Wildman–Crippen LogP) is 1.10. The highest BCUT2D eigenvalue weighted by molar-refractivity contribution is 6.15. The van der Waals surface area contributed by atoms with Crippen LogP contribution < -0.4 is 10.6 Å². The number of rotatable bonds is 5. The highest BCUT2D eigenvalue weighted by Crippen LogP contribution is 2.53. The summed E-state index contributed by atoms with van der Waals surface area (Å²) in [6, 6.07) is 7.17. The predicted molar refractivity (Wildman–Crippen MR) is 98.7 cm³/mol. The second-order valence-electron chi connectivity index (χ2n) is 7.90. The van der Waals surface area contributed by atoms with Crippen molar-refractivity contribution in [1.29, 1.82) is 0 Å². The van der Waals surface area contributed by atoms with Crippen molar-refractivity contribution in [3.05, 3.63) is 29.8 Å². The van der Waals surface area contributed by atoms with Crippen LogP contribution in [0.5, 0.6) is 0 Å². The van der Waals surface area contributed by atoms with Gasteiger partial charge in [-0.15, -0.1) is 0 Å². The van der Waals surface area contributed by atoms with Crippen LogP contribution in [0.25, 0.3) is 0 Å². The Morgan fingerprint density at radius 1 is 1.19 bits per heavy atom. The molecule has 3 aliphatic rings. The van der Waals surface area contributed by atoms with Crippen LogP contribution >= 0.6 is 0 Å². The van der Waals surface area contributed by atoms with Crippen molar-refractivity contribution < 1.29 is 19.1 Å². The van der Waals surface area contributed by atoms with Crippen LogP contribution in [0.1, 0.15) is 25.8 Å². The molecule has 0 aliphatic carbocycles. The van der Waals surface area contributed by atoms with Crippen LogP contribution in [-0.2, 0) is 24.7 Å². The molecule has 3 amide bonds. The molecule has 7 heteroatoms. The van der Waals surface area contributed by atoms with Gasteiger partial charge in [0.1, 0.15) is 5.54 Å². The minimum atomic E-state index is -1.18. The van der Waals surface area contributed by atoms with Gasteiger partial charge in [-0.25, -0.2) is 0 Å². The summed E-state index contributed by atoms with van der Waals surface area (Å²) in [5, 5.41) is 6.32. The normalized spacial score (nSPS) is 31.8. The molecule has 0 unspecified atom stereocenters. The molecule has 4 rings (SSSR count). The Balaban J connectivity index is 1.79. The van der Waals surface area contributed by atoms with E-state index in [-0.39, 0.29) is 29.7 Å². The number of nitrogens with one attached hydrogen (secondary N) is 2. The fourth-order valence-electron chi connectivity index (χ4n) is 4.91. The first kappa shape index (κ1) is 18.1. The molecule has 1 spiro atoms. The Morgan fingerprint density at radius 3 is 2.63 bits per heavy atom. The summed E-state index contributed by atoms with van der Waals surface area (Å²) in [6.45, 7) is 4.82. The number of hydrogen-bond acceptors (Lipinski definition) is 5. The van der Waals surface area contributed by atoms with Crippen LogP contribution in [0.4, 0.5) is 5.69 Å². The average Bonchev–Trinajstić information content (AvgIpc) is 3.22. The van der Waals surface area contributed by atoms with Gasteiger partial charge in [0.2, 0.25) is 17.7 Å². The summed E-state index contributed by atoms with van der Waals surface area (Å²) in [5.41, 5.74) is 0.281. The topological polar surface area (TPSA) is 87.7 Å². The number of nitrogens with zero attached hydrogens (tertiary/aromatic N) is 1. The molecule has 0 saturated carbocycles. The second kappa shape index (κ2) is 6.42. The third-order valence-electron chi connectivity index (χ3n) is 6.10. The fraction of sp³-hybridized carbons (Fsp3) is 0.550. The number of carbonyl (C=O) groups is 3. The molecule has 144 valence electrons. The number of methoxy groups -OCH3 is 1. The molecule has 4 atom stereocenters. The standard InChI is InChI=1S/C20H25N3O4/c1-11(2)16-14-15(18(25)23(17(14)24)9-6-10-27-3)20(22-16)12-7-4-5-8-13(12)21-19(20)26/h4-5,7-8,11,14-16,22H,6,9-10H2,1-3H3,(H,21,26)/t14-,15-,16+,20-/m0/s1. The van der Waals surface area contributed by atoms with Crippen molar-refractivity contribution in [2.75, 3.05) is 25.6 Å². The number of para-hydroxylation sites is 1. The van der Waals surface area contributed by atoms with Crippen molar-refractivity contribution in [2.24, 2.45) is 17.8 Å². The molecular formula is C20H25N3O4. The van der Waals surface area contributed by atoms with E-state index >= 15 is 0 Å². The molecule has 1 aromatic rings. The van der Waals surface area contributed by atoms with Gasteiger partial charge >= 0.3 is 0 Å². The highest BCUT2D eigenvalue weighted by atomic mass is 16.5. The van der Waals surface area contributed by atoms with Gasteiger partial charge < -0.3 is 10.1 Å². The third kappa shape index (κ3) is 2.38. The van der Waals surface area contributed by atoms with Crippen molar-refractivity contribution >= 4 is 23.4 Å². The summed E-state index contributed by atoms with van der Waals surface area (Å²) >= 11 is 0. The van der Waals surface area contributed by atoms with Gasteiger partial charge in [0.05, 0.1) is 11.8 Å². The van der Waals surface area contributed by atoms with Gasteiger partial charge in [-0.3, -0.25) is 24.6 Å².